The number of carbonyl (C=O) groups is 1. The Kier molecular flexibility index (Phi) is 4.41. The predicted octanol–water partition coefficient (Wildman–Crippen LogP) is 4.02. The largest absolute Gasteiger partial charge is 0.478 e. The Labute approximate surface area is 148 Å². The van der Waals surface area contributed by atoms with E-state index >= 15 is 0 Å². The minimum absolute atomic E-state index is 0.309. The average Bonchev–Trinajstić information content (AvgIpc) is 2.89. The molecule has 0 fully saturated rings. The highest BCUT2D eigenvalue weighted by Crippen LogP contribution is 2.45. The Morgan fingerprint density at radius 1 is 1.36 bits per heavy atom. The molecule has 5 heteroatoms. The first-order valence-electron chi connectivity index (χ1n) is 8.72. The fourth-order valence-electron chi connectivity index (χ4n) is 3.81. The van der Waals surface area contributed by atoms with E-state index in [1.165, 1.54) is 5.56 Å². The van der Waals surface area contributed by atoms with E-state index in [4.69, 9.17) is 0 Å². The third-order valence-corrected chi connectivity index (χ3v) is 4.94. The van der Waals surface area contributed by atoms with E-state index in [-0.39, 0.29) is 5.92 Å². The second kappa shape index (κ2) is 6.39. The maximum absolute atomic E-state index is 12.1. The smallest absolute Gasteiger partial charge is 0.334 e. The lowest BCUT2D eigenvalue weighted by Gasteiger charge is -2.30. The van der Waals surface area contributed by atoms with Crippen molar-refractivity contribution in [2.45, 2.75) is 46.0 Å². The van der Waals surface area contributed by atoms with Gasteiger partial charge in [-0.15, -0.1) is 0 Å². The van der Waals surface area contributed by atoms with Crippen LogP contribution < -0.4 is 5.32 Å². The second-order valence-electron chi connectivity index (χ2n) is 6.87. The van der Waals surface area contributed by atoms with Crippen molar-refractivity contribution in [1.82, 2.24) is 9.78 Å². The molecule has 0 bridgehead atoms. The van der Waals surface area contributed by atoms with Crippen LogP contribution in [0, 0.1) is 0 Å². The molecule has 2 aromatic rings. The van der Waals surface area contributed by atoms with E-state index in [9.17, 15) is 9.90 Å². The molecule has 1 aromatic carbocycles. The monoisotopic (exact) mass is 339 g/mol. The molecule has 2 heterocycles. The molecule has 1 aliphatic heterocycles. The number of benzene rings is 1. The molecule has 1 aliphatic rings. The number of nitrogens with one attached hydrogen (secondary N) is 1. The molecule has 0 saturated heterocycles. The second-order valence-corrected chi connectivity index (χ2v) is 6.87. The molecule has 25 heavy (non-hydrogen) atoms. The summed E-state index contributed by atoms with van der Waals surface area (Å²) in [7, 11) is 1.90. The van der Waals surface area contributed by atoms with Crippen molar-refractivity contribution in [3.8, 4) is 0 Å². The summed E-state index contributed by atoms with van der Waals surface area (Å²) in [6.45, 7) is 8.17. The van der Waals surface area contributed by atoms with Gasteiger partial charge in [0.15, 0.2) is 0 Å². The van der Waals surface area contributed by atoms with Crippen LogP contribution in [0.25, 0.3) is 0 Å². The molecule has 0 saturated carbocycles. The maximum atomic E-state index is 12.1. The maximum Gasteiger partial charge on any atom is 0.334 e. The Morgan fingerprint density at radius 2 is 2.04 bits per heavy atom. The fourth-order valence-corrected chi connectivity index (χ4v) is 3.81. The number of carboxylic acid groups (broad SMARTS) is 1. The number of fused-ring (bicyclic) bond motifs is 1. The van der Waals surface area contributed by atoms with Crippen LogP contribution >= 0.6 is 0 Å². The molecule has 2 N–H and O–H groups in total. The fraction of sp³-hybridized carbons (Fsp3) is 0.400. The zero-order valence-electron chi connectivity index (χ0n) is 15.4. The van der Waals surface area contributed by atoms with Crippen LogP contribution in [-0.4, -0.2) is 20.9 Å². The lowest BCUT2D eigenvalue weighted by atomic mass is 9.77. The minimum atomic E-state index is -0.884. The zero-order chi connectivity index (χ0) is 18.3. The Hall–Kier alpha value is -2.56. The molecule has 0 spiro atoms. The predicted molar refractivity (Wildman–Crippen MR) is 98.9 cm³/mol. The van der Waals surface area contributed by atoms with Crippen LogP contribution in [-0.2, 0) is 18.3 Å². The van der Waals surface area contributed by atoms with Gasteiger partial charge in [0.1, 0.15) is 5.82 Å². The first-order valence-corrected chi connectivity index (χ1v) is 8.72. The summed E-state index contributed by atoms with van der Waals surface area (Å²) in [5, 5.41) is 17.8. The molecule has 1 unspecified atom stereocenters. The van der Waals surface area contributed by atoms with Crippen LogP contribution in [0.1, 0.15) is 61.9 Å². The summed E-state index contributed by atoms with van der Waals surface area (Å²) < 4.78 is 1.82. The number of aromatic nitrogens is 2. The summed E-state index contributed by atoms with van der Waals surface area (Å²) in [6.07, 6.45) is 0.761. The first kappa shape index (κ1) is 17.3. The quantitative estimate of drug-likeness (QED) is 0.883. The number of rotatable bonds is 4. The number of allylic oxidation sites excluding steroid dienone is 1. The summed E-state index contributed by atoms with van der Waals surface area (Å²) >= 11 is 0. The molecule has 132 valence electrons. The van der Waals surface area contributed by atoms with Crippen molar-refractivity contribution in [3.63, 3.8) is 0 Å². The Morgan fingerprint density at radius 3 is 2.64 bits per heavy atom. The van der Waals surface area contributed by atoms with Crippen LogP contribution in [0.2, 0.25) is 0 Å². The normalized spacial score (nSPS) is 16.8. The van der Waals surface area contributed by atoms with Gasteiger partial charge in [-0.05, 0) is 30.4 Å². The van der Waals surface area contributed by atoms with Gasteiger partial charge in [-0.1, -0.05) is 45.0 Å². The third kappa shape index (κ3) is 2.73. The van der Waals surface area contributed by atoms with Gasteiger partial charge in [-0.2, -0.15) is 5.10 Å². The SMILES string of the molecule is CCc1nn(C)c2c1C(c1ccccc1C(C)C)C(C(=O)O)=C(C)N2. The molecule has 0 radical (unpaired) electrons. The van der Waals surface area contributed by atoms with E-state index in [2.05, 4.69) is 43.3 Å². The van der Waals surface area contributed by atoms with Gasteiger partial charge in [0, 0.05) is 24.2 Å². The number of anilines is 1. The number of hydrogen-bond acceptors (Lipinski definition) is 3. The molecule has 1 atom stereocenters. The van der Waals surface area contributed by atoms with Crippen molar-refractivity contribution in [2.75, 3.05) is 5.32 Å². The Bertz CT molecular complexity index is 862. The summed E-state index contributed by atoms with van der Waals surface area (Å²) in [4.78, 5) is 12.1. The number of aryl methyl sites for hydroxylation is 2. The first-order chi connectivity index (χ1) is 11.9. The number of carboxylic acids is 1. The number of aliphatic carboxylic acids is 1. The van der Waals surface area contributed by atoms with Gasteiger partial charge in [0.2, 0.25) is 0 Å². The Balaban J connectivity index is 2.35. The lowest BCUT2D eigenvalue weighted by Crippen LogP contribution is -2.24. The van der Waals surface area contributed by atoms with Crippen LogP contribution in [0.5, 0.6) is 0 Å². The topological polar surface area (TPSA) is 67.2 Å². The molecule has 1 aromatic heterocycles. The van der Waals surface area contributed by atoms with Crippen molar-refractivity contribution >= 4 is 11.8 Å². The van der Waals surface area contributed by atoms with Gasteiger partial charge in [0.05, 0.1) is 11.3 Å². The van der Waals surface area contributed by atoms with Crippen LogP contribution in [0.15, 0.2) is 35.5 Å². The number of hydrogen-bond donors (Lipinski definition) is 2. The van der Waals surface area contributed by atoms with E-state index in [1.807, 2.05) is 30.8 Å². The van der Waals surface area contributed by atoms with Crippen LogP contribution in [0.3, 0.4) is 0 Å². The van der Waals surface area contributed by atoms with Gasteiger partial charge in [-0.25, -0.2) is 4.79 Å². The minimum Gasteiger partial charge on any atom is -0.478 e. The van der Waals surface area contributed by atoms with Crippen molar-refractivity contribution in [1.29, 1.82) is 0 Å². The summed E-state index contributed by atoms with van der Waals surface area (Å²) in [6, 6.07) is 8.15. The molecule has 0 aliphatic carbocycles. The lowest BCUT2D eigenvalue weighted by molar-refractivity contribution is -0.133. The molecule has 5 nitrogen and oxygen atoms in total. The van der Waals surface area contributed by atoms with E-state index in [0.29, 0.717) is 17.2 Å². The van der Waals surface area contributed by atoms with E-state index in [0.717, 1.165) is 29.1 Å². The van der Waals surface area contributed by atoms with Crippen molar-refractivity contribution < 1.29 is 9.90 Å². The summed E-state index contributed by atoms with van der Waals surface area (Å²) in [5.74, 6) is 0.00987. The van der Waals surface area contributed by atoms with E-state index < -0.39 is 5.97 Å². The third-order valence-electron chi connectivity index (χ3n) is 4.94. The zero-order valence-corrected chi connectivity index (χ0v) is 15.4. The molecular formula is C20H25N3O2. The highest BCUT2D eigenvalue weighted by molar-refractivity contribution is 5.93. The molecule has 0 amide bonds. The van der Waals surface area contributed by atoms with Gasteiger partial charge in [0.25, 0.3) is 0 Å². The standard InChI is InChI=1S/C20H25N3O2/c1-6-15-18-17(14-10-8-7-9-13(14)11(2)3)16(20(24)25)12(4)21-19(18)23(5)22-15/h7-11,17,21H,6H2,1-5H3,(H,24,25). The van der Waals surface area contributed by atoms with Gasteiger partial charge in [-0.3, -0.25) is 4.68 Å². The van der Waals surface area contributed by atoms with Crippen molar-refractivity contribution in [2.24, 2.45) is 7.05 Å². The van der Waals surface area contributed by atoms with Gasteiger partial charge >= 0.3 is 5.97 Å². The van der Waals surface area contributed by atoms with Crippen molar-refractivity contribution in [3.05, 3.63) is 57.9 Å². The molecule has 3 rings (SSSR count). The average molecular weight is 339 g/mol. The highest BCUT2D eigenvalue weighted by Gasteiger charge is 2.37. The van der Waals surface area contributed by atoms with E-state index in [1.54, 1.807) is 0 Å². The number of nitrogens with zero attached hydrogens (tertiary/aromatic N) is 2. The highest BCUT2D eigenvalue weighted by atomic mass is 16.4. The molecular weight excluding hydrogens is 314 g/mol. The summed E-state index contributed by atoms with van der Waals surface area (Å²) in [5.41, 5.74) is 5.25. The van der Waals surface area contributed by atoms with Crippen LogP contribution in [0.4, 0.5) is 5.82 Å². The van der Waals surface area contributed by atoms with Gasteiger partial charge < -0.3 is 10.4 Å².